The van der Waals surface area contributed by atoms with Crippen molar-refractivity contribution in [2.75, 3.05) is 31.0 Å². The molecule has 0 spiro atoms. The summed E-state index contributed by atoms with van der Waals surface area (Å²) in [5.41, 5.74) is 5.22. The summed E-state index contributed by atoms with van der Waals surface area (Å²) in [5.74, 6) is -3.81. The van der Waals surface area contributed by atoms with Gasteiger partial charge in [-0.2, -0.15) is 13.7 Å². The zero-order valence-corrected chi connectivity index (χ0v) is 26.1. The molecule has 2 aromatic carbocycles. The number of rotatable bonds is 13. The van der Waals surface area contributed by atoms with Gasteiger partial charge in [-0.05, 0) is 30.2 Å². The third kappa shape index (κ3) is 8.20. The molecule has 0 saturated heterocycles. The van der Waals surface area contributed by atoms with Gasteiger partial charge in [0.25, 0.3) is 10.1 Å². The van der Waals surface area contributed by atoms with E-state index in [4.69, 9.17) is 19.9 Å². The average molecular weight is 641 g/mol. The highest BCUT2D eigenvalue weighted by atomic mass is 32.2. The Labute approximate surface area is 262 Å². The molecule has 1 heterocycles. The highest BCUT2D eigenvalue weighted by Gasteiger charge is 2.44. The van der Waals surface area contributed by atoms with Gasteiger partial charge >= 0.3 is 18.0 Å². The summed E-state index contributed by atoms with van der Waals surface area (Å²) >= 11 is 0. The maximum atomic E-state index is 13.4. The molecule has 1 unspecified atom stereocenters. The largest absolute Gasteiger partial charge is 0.466 e. The summed E-state index contributed by atoms with van der Waals surface area (Å²) in [7, 11) is -2.91. The Morgan fingerprint density at radius 1 is 1.00 bits per heavy atom. The lowest BCUT2D eigenvalue weighted by molar-refractivity contribution is -0.139. The van der Waals surface area contributed by atoms with Crippen LogP contribution in [0.4, 0.5) is 16.2 Å². The molecule has 240 valence electrons. The molecule has 0 aromatic heterocycles. The zero-order valence-electron chi connectivity index (χ0n) is 25.2. The molecule has 1 atom stereocenters. The number of amides is 1. The van der Waals surface area contributed by atoms with E-state index < -0.39 is 56.2 Å². The van der Waals surface area contributed by atoms with Crippen molar-refractivity contribution < 1.29 is 41.6 Å². The Hall–Kier alpha value is -4.87. The van der Waals surface area contributed by atoms with Crippen LogP contribution in [0, 0.1) is 11.3 Å². The Bertz CT molecular complexity index is 1630. The number of anilines is 2. The number of ether oxygens (including phenoxy) is 3. The lowest BCUT2D eigenvalue weighted by Gasteiger charge is -2.36. The minimum Gasteiger partial charge on any atom is -0.466 e. The Morgan fingerprint density at radius 2 is 1.64 bits per heavy atom. The van der Waals surface area contributed by atoms with Gasteiger partial charge in [0.1, 0.15) is 16.4 Å². The Balaban J connectivity index is 2.16. The molecular formula is C31H36N4O9S. The van der Waals surface area contributed by atoms with E-state index in [2.05, 4.69) is 12.2 Å². The summed E-state index contributed by atoms with van der Waals surface area (Å²) in [6.07, 6.45) is 5.07. The van der Waals surface area contributed by atoms with Crippen LogP contribution in [0.3, 0.4) is 0 Å². The summed E-state index contributed by atoms with van der Waals surface area (Å²) in [4.78, 5) is 39.3. The van der Waals surface area contributed by atoms with Crippen LogP contribution in [0.1, 0.15) is 56.9 Å². The summed E-state index contributed by atoms with van der Waals surface area (Å²) < 4.78 is 50.4. The zero-order chi connectivity index (χ0) is 33.1. The fourth-order valence-electron chi connectivity index (χ4n) is 4.95. The lowest BCUT2D eigenvalue weighted by atomic mass is 9.81. The number of benzene rings is 2. The lowest BCUT2D eigenvalue weighted by Crippen LogP contribution is -2.41. The standard InChI is InChI=1S/C31H36N4O9S/c1-4-5-6-7-8-12-17-44-31(38)34-21-15-16-24(45(39,40)41)23(18-21)35-27(30(37)43-3)26(29(36)42-2)25(22(19-32)28(35)33)20-13-10-9-11-14-20/h9-11,13-16,18,25H,4-8,12,17,33H2,1-3H3,(H,34,38)(H,39,40,41). The SMILES string of the molecule is CCCCCCCCOC(=O)Nc1ccc(S(=O)(=O)O)c(N2C(N)=C(C#N)C(c3ccccc3)C(C(=O)OC)=C2C(=O)OC)c1. The average Bonchev–Trinajstić information content (AvgIpc) is 3.02. The molecule has 4 N–H and O–H groups in total. The van der Waals surface area contributed by atoms with E-state index in [1.54, 1.807) is 30.3 Å². The van der Waals surface area contributed by atoms with Crippen molar-refractivity contribution in [3.05, 3.63) is 76.8 Å². The van der Waals surface area contributed by atoms with E-state index in [-0.39, 0.29) is 23.4 Å². The number of nitrogens with one attached hydrogen (secondary N) is 1. The monoisotopic (exact) mass is 640 g/mol. The molecule has 45 heavy (non-hydrogen) atoms. The molecule has 14 heteroatoms. The molecule has 1 aliphatic heterocycles. The molecular weight excluding hydrogens is 604 g/mol. The summed E-state index contributed by atoms with van der Waals surface area (Å²) in [5, 5.41) is 12.7. The number of methoxy groups -OCH3 is 2. The molecule has 1 aliphatic rings. The van der Waals surface area contributed by atoms with Crippen LogP contribution in [-0.4, -0.2) is 51.8 Å². The van der Waals surface area contributed by atoms with Crippen LogP contribution in [-0.2, 0) is 33.9 Å². The van der Waals surface area contributed by atoms with Gasteiger partial charge < -0.3 is 19.9 Å². The first-order chi connectivity index (χ1) is 21.5. The van der Waals surface area contributed by atoms with Gasteiger partial charge in [0, 0.05) is 5.69 Å². The number of carbonyl (C=O) groups excluding carboxylic acids is 3. The van der Waals surface area contributed by atoms with Crippen molar-refractivity contribution in [2.24, 2.45) is 5.73 Å². The minimum atomic E-state index is -5.01. The van der Waals surface area contributed by atoms with Gasteiger partial charge in [0.2, 0.25) is 0 Å². The molecule has 0 aliphatic carbocycles. The molecule has 0 bridgehead atoms. The van der Waals surface area contributed by atoms with Crippen LogP contribution in [0.5, 0.6) is 0 Å². The summed E-state index contributed by atoms with van der Waals surface area (Å²) in [6, 6.07) is 13.4. The quantitative estimate of drug-likeness (QED) is 0.118. The topological polar surface area (TPSA) is 198 Å². The van der Waals surface area contributed by atoms with Gasteiger partial charge in [0.15, 0.2) is 0 Å². The van der Waals surface area contributed by atoms with Gasteiger partial charge in [-0.15, -0.1) is 0 Å². The first kappa shape index (κ1) is 34.6. The third-order valence-corrected chi connectivity index (χ3v) is 7.97. The fourth-order valence-corrected chi connectivity index (χ4v) is 5.61. The van der Waals surface area contributed by atoms with Crippen LogP contribution < -0.4 is 16.0 Å². The normalized spacial score (nSPS) is 14.9. The molecule has 13 nitrogen and oxygen atoms in total. The van der Waals surface area contributed by atoms with Crippen LogP contribution in [0.15, 0.2) is 76.1 Å². The molecule has 3 rings (SSSR count). The Kier molecular flexibility index (Phi) is 12.1. The van der Waals surface area contributed by atoms with E-state index in [0.29, 0.717) is 12.0 Å². The van der Waals surface area contributed by atoms with Crippen LogP contribution >= 0.6 is 0 Å². The van der Waals surface area contributed by atoms with E-state index in [1.807, 2.05) is 6.07 Å². The van der Waals surface area contributed by atoms with Crippen molar-refractivity contribution in [3.8, 4) is 6.07 Å². The predicted octanol–water partition coefficient (Wildman–Crippen LogP) is 4.74. The summed E-state index contributed by atoms with van der Waals surface area (Å²) in [6.45, 7) is 2.27. The van der Waals surface area contributed by atoms with E-state index >= 15 is 0 Å². The van der Waals surface area contributed by atoms with Gasteiger partial charge in [-0.3, -0.25) is 14.8 Å². The van der Waals surface area contributed by atoms with Crippen molar-refractivity contribution in [2.45, 2.75) is 56.3 Å². The molecule has 0 fully saturated rings. The number of hydrogen-bond acceptors (Lipinski definition) is 11. The molecule has 0 radical (unpaired) electrons. The second-order valence-electron chi connectivity index (χ2n) is 10.0. The van der Waals surface area contributed by atoms with Crippen LogP contribution in [0.2, 0.25) is 0 Å². The van der Waals surface area contributed by atoms with Gasteiger partial charge in [-0.25, -0.2) is 14.4 Å². The minimum absolute atomic E-state index is 0.00864. The maximum Gasteiger partial charge on any atom is 0.411 e. The van der Waals surface area contributed by atoms with Crippen molar-refractivity contribution >= 4 is 39.5 Å². The van der Waals surface area contributed by atoms with Crippen molar-refractivity contribution in [1.82, 2.24) is 0 Å². The molecule has 0 saturated carbocycles. The number of esters is 2. The third-order valence-electron chi connectivity index (χ3n) is 7.07. The highest BCUT2D eigenvalue weighted by Crippen LogP contribution is 2.45. The number of unbranched alkanes of at least 4 members (excludes halogenated alkanes) is 5. The number of hydrogen-bond donors (Lipinski definition) is 3. The number of carbonyl (C=O) groups is 3. The van der Waals surface area contributed by atoms with Gasteiger partial charge in [0.05, 0.1) is 49.6 Å². The Morgan fingerprint density at radius 3 is 2.24 bits per heavy atom. The van der Waals surface area contributed by atoms with E-state index in [9.17, 15) is 32.6 Å². The maximum absolute atomic E-state index is 13.4. The first-order valence-electron chi connectivity index (χ1n) is 14.2. The van der Waals surface area contributed by atoms with Gasteiger partial charge in [-0.1, -0.05) is 69.4 Å². The van der Waals surface area contributed by atoms with Crippen molar-refractivity contribution in [3.63, 3.8) is 0 Å². The molecule has 1 amide bonds. The predicted molar refractivity (Wildman–Crippen MR) is 164 cm³/mol. The molecule has 2 aromatic rings. The van der Waals surface area contributed by atoms with Crippen LogP contribution in [0.25, 0.3) is 0 Å². The number of allylic oxidation sites excluding steroid dienone is 1. The number of nitriles is 1. The first-order valence-corrected chi connectivity index (χ1v) is 15.6. The second-order valence-corrected chi connectivity index (χ2v) is 11.4. The fraction of sp³-hybridized carbons (Fsp3) is 0.355. The van der Waals surface area contributed by atoms with Crippen molar-refractivity contribution in [1.29, 1.82) is 5.26 Å². The highest BCUT2D eigenvalue weighted by molar-refractivity contribution is 7.86. The van der Waals surface area contributed by atoms with E-state index in [1.165, 1.54) is 6.07 Å². The smallest absolute Gasteiger partial charge is 0.411 e. The second kappa shape index (κ2) is 15.7. The number of nitrogens with two attached hydrogens (primary N) is 1. The van der Waals surface area contributed by atoms with E-state index in [0.717, 1.165) is 63.4 Å². The number of nitrogens with zero attached hydrogens (tertiary/aromatic N) is 2.